The summed E-state index contributed by atoms with van der Waals surface area (Å²) in [6.07, 6.45) is 14.4. The molecule has 11 rings (SSSR count). The topological polar surface area (TPSA) is 113 Å². The molecule has 2 saturated heterocycles. The summed E-state index contributed by atoms with van der Waals surface area (Å²) in [4.78, 5) is 46.3. The molecule has 1 aromatic carbocycles. The van der Waals surface area contributed by atoms with Gasteiger partial charge in [0, 0.05) is 45.1 Å². The number of ketones is 1. The third-order valence-electron chi connectivity index (χ3n) is 18.2. The van der Waals surface area contributed by atoms with Gasteiger partial charge in [-0.1, -0.05) is 64.1 Å². The summed E-state index contributed by atoms with van der Waals surface area (Å²) >= 11 is 1.55. The van der Waals surface area contributed by atoms with E-state index in [0.717, 1.165) is 65.5 Å². The van der Waals surface area contributed by atoms with Crippen LogP contribution in [0.15, 0.2) is 54.1 Å². The van der Waals surface area contributed by atoms with Crippen molar-refractivity contribution in [2.45, 2.75) is 129 Å². The van der Waals surface area contributed by atoms with Crippen LogP contribution in [0.1, 0.15) is 115 Å². The van der Waals surface area contributed by atoms with Crippen molar-refractivity contribution >= 4 is 39.1 Å². The van der Waals surface area contributed by atoms with Crippen LogP contribution in [0.4, 0.5) is 0 Å². The molecule has 2 N–H and O–H groups in total. The van der Waals surface area contributed by atoms with Gasteiger partial charge in [-0.3, -0.25) is 14.4 Å². The van der Waals surface area contributed by atoms with Crippen molar-refractivity contribution in [1.82, 2.24) is 4.90 Å². The van der Waals surface area contributed by atoms with Gasteiger partial charge in [0.05, 0.1) is 34.6 Å². The molecule has 1 amide bonds. The summed E-state index contributed by atoms with van der Waals surface area (Å²) in [6.45, 7) is 11.7. The van der Waals surface area contributed by atoms with E-state index in [1.165, 1.54) is 0 Å². The van der Waals surface area contributed by atoms with Gasteiger partial charge in [-0.25, -0.2) is 0 Å². The number of esters is 1. The van der Waals surface area contributed by atoms with Gasteiger partial charge in [0.1, 0.15) is 0 Å². The zero-order valence-corrected chi connectivity index (χ0v) is 33.9. The Kier molecular flexibility index (Phi) is 7.57. The third kappa shape index (κ3) is 4.32. The summed E-state index contributed by atoms with van der Waals surface area (Å²) in [6, 6.07) is 10.2. The quantitative estimate of drug-likeness (QED) is 0.168. The molecule has 9 aliphatic rings. The number of thiophene rings is 1. The molecular weight excluding hydrogens is 711 g/mol. The highest BCUT2D eigenvalue weighted by Crippen LogP contribution is 2.78. The molecular formula is C46H57NO7S. The van der Waals surface area contributed by atoms with Gasteiger partial charge in [0.25, 0.3) is 5.91 Å². The summed E-state index contributed by atoms with van der Waals surface area (Å²) in [5.74, 6) is -0.305. The second kappa shape index (κ2) is 11.4. The van der Waals surface area contributed by atoms with E-state index in [2.05, 4.69) is 44.2 Å². The normalized spacial score (nSPS) is 45.9. The monoisotopic (exact) mass is 767 g/mol. The maximum Gasteiger partial charge on any atom is 0.313 e. The van der Waals surface area contributed by atoms with Crippen LogP contribution in [0.2, 0.25) is 0 Å². The fourth-order valence-electron chi connectivity index (χ4n) is 14.4. The maximum absolute atomic E-state index is 15.2. The highest BCUT2D eigenvalue weighted by Gasteiger charge is 2.78. The first-order valence-corrected chi connectivity index (χ1v) is 21.8. The molecule has 11 unspecified atom stereocenters. The number of hydrogen-bond acceptors (Lipinski definition) is 8. The number of benzene rings is 1. The lowest BCUT2D eigenvalue weighted by Crippen LogP contribution is -2.68. The number of nitrogens with zero attached hydrogens (tertiary/aromatic N) is 1. The lowest BCUT2D eigenvalue weighted by Gasteiger charge is -2.71. The van der Waals surface area contributed by atoms with Crippen LogP contribution in [0.5, 0.6) is 0 Å². The summed E-state index contributed by atoms with van der Waals surface area (Å²) in [5, 5.41) is 25.6. The van der Waals surface area contributed by atoms with E-state index in [4.69, 9.17) is 9.47 Å². The molecule has 2 aromatic rings. The predicted octanol–water partition coefficient (Wildman–Crippen LogP) is 7.80. The Bertz CT molecular complexity index is 2050. The standard InChI is InChI=1S/C46H57NO7S/c1-39(2)42(5)18-21-46(39,54-38(42)51)37(50)47(26-30-10-8-22-53-30)27-44(52)17-14-35-41(44,4)16-13-34-40(3)15-12-29(48)24-43(40)19-20-45(34,35)31(25-43)36(49)33-23-28-9-6-7-11-32(28)55-33/h6-7,9,11,19-20,23,25,29-30,34-35,48,52H,8,10,12-18,21-22,24,26-27H2,1-5H3. The number of allylic oxidation sites excluding steroid dienone is 4. The van der Waals surface area contributed by atoms with E-state index in [-0.39, 0.29) is 47.6 Å². The molecule has 2 spiro atoms. The Morgan fingerprint density at radius 3 is 2.38 bits per heavy atom. The Labute approximate surface area is 328 Å². The summed E-state index contributed by atoms with van der Waals surface area (Å²) in [5.41, 5.74) is -4.89. The van der Waals surface area contributed by atoms with Gasteiger partial charge in [0.2, 0.25) is 0 Å². The average Bonchev–Trinajstić information content (AvgIpc) is 3.95. The largest absolute Gasteiger partial charge is 0.448 e. The summed E-state index contributed by atoms with van der Waals surface area (Å²) in [7, 11) is 0. The third-order valence-corrected chi connectivity index (χ3v) is 19.3. The Balaban J connectivity index is 1.06. The smallest absolute Gasteiger partial charge is 0.313 e. The van der Waals surface area contributed by atoms with Crippen molar-refractivity contribution in [3.05, 3.63) is 59.0 Å². The number of aliphatic hydroxyl groups excluding tert-OH is 1. The molecule has 4 saturated carbocycles. The minimum atomic E-state index is -1.28. The van der Waals surface area contributed by atoms with Gasteiger partial charge in [-0.2, -0.15) is 0 Å². The van der Waals surface area contributed by atoms with Crippen LogP contribution in [-0.4, -0.2) is 75.9 Å². The summed E-state index contributed by atoms with van der Waals surface area (Å²) < 4.78 is 13.4. The Hall–Kier alpha value is -2.85. The molecule has 4 bridgehead atoms. The minimum Gasteiger partial charge on any atom is -0.448 e. The van der Waals surface area contributed by atoms with Crippen LogP contribution in [0, 0.1) is 44.3 Å². The minimum absolute atomic E-state index is 0.0417. The van der Waals surface area contributed by atoms with Crippen molar-refractivity contribution in [2.24, 2.45) is 44.3 Å². The van der Waals surface area contributed by atoms with Gasteiger partial charge in [0.15, 0.2) is 11.4 Å². The number of carbonyl (C=O) groups excluding carboxylic acids is 3. The Morgan fingerprint density at radius 1 is 0.927 bits per heavy atom. The van der Waals surface area contributed by atoms with Crippen LogP contribution in [0.25, 0.3) is 10.1 Å². The number of fused-ring (bicyclic) bond motifs is 4. The van der Waals surface area contributed by atoms with E-state index in [0.29, 0.717) is 38.8 Å². The fourth-order valence-corrected chi connectivity index (χ4v) is 15.4. The zero-order chi connectivity index (χ0) is 38.6. The molecule has 55 heavy (non-hydrogen) atoms. The Morgan fingerprint density at radius 2 is 1.67 bits per heavy atom. The van der Waals surface area contributed by atoms with Crippen LogP contribution in [0.3, 0.4) is 0 Å². The number of rotatable bonds is 7. The number of carbonyl (C=O) groups is 3. The van der Waals surface area contributed by atoms with E-state index in [1.807, 2.05) is 43.9 Å². The molecule has 7 aliphatic carbocycles. The van der Waals surface area contributed by atoms with Crippen molar-refractivity contribution < 1.29 is 34.1 Å². The predicted molar refractivity (Wildman–Crippen MR) is 210 cm³/mol. The van der Waals surface area contributed by atoms with Gasteiger partial charge in [-0.15, -0.1) is 11.3 Å². The SMILES string of the molecule is CC12CCC(C(=O)N(CC3CCCO3)CC3(O)CCC4C56C=CC7(C=C5C(=O)c5cc8ccccc8s5)CC(O)CCC7(C)C6CCC43C)(OC1=O)C2(C)C. The molecule has 2 aliphatic heterocycles. The van der Waals surface area contributed by atoms with E-state index in [1.54, 1.807) is 11.3 Å². The number of aliphatic hydroxyl groups is 2. The number of hydrogen-bond donors (Lipinski definition) is 2. The van der Waals surface area contributed by atoms with Gasteiger partial charge in [-0.05, 0) is 112 Å². The molecule has 294 valence electrons. The first-order valence-electron chi connectivity index (χ1n) is 21.0. The molecule has 11 atom stereocenters. The molecule has 1 aromatic heterocycles. The average molecular weight is 768 g/mol. The number of Topliss-reactive ketones (excluding diaryl/α,β-unsaturated/α-hetero) is 1. The van der Waals surface area contributed by atoms with Crippen molar-refractivity contribution in [3.63, 3.8) is 0 Å². The molecule has 8 nitrogen and oxygen atoms in total. The lowest BCUT2D eigenvalue weighted by atomic mass is 9.32. The molecule has 6 fully saturated rings. The second-order valence-corrected chi connectivity index (χ2v) is 21.4. The molecule has 9 heteroatoms. The van der Waals surface area contributed by atoms with E-state index >= 15 is 9.59 Å². The van der Waals surface area contributed by atoms with Crippen LogP contribution < -0.4 is 0 Å². The van der Waals surface area contributed by atoms with E-state index in [9.17, 15) is 15.0 Å². The molecule has 0 radical (unpaired) electrons. The first kappa shape index (κ1) is 36.5. The number of amides is 1. The second-order valence-electron chi connectivity index (χ2n) is 20.3. The van der Waals surface area contributed by atoms with Crippen LogP contribution in [-0.2, 0) is 19.1 Å². The van der Waals surface area contributed by atoms with Gasteiger partial charge < -0.3 is 24.6 Å². The maximum atomic E-state index is 15.2. The van der Waals surface area contributed by atoms with Crippen LogP contribution >= 0.6 is 11.3 Å². The molecule has 3 heterocycles. The van der Waals surface area contributed by atoms with Crippen molar-refractivity contribution in [2.75, 3.05) is 19.7 Å². The van der Waals surface area contributed by atoms with Crippen molar-refractivity contribution in [1.29, 1.82) is 0 Å². The first-order chi connectivity index (χ1) is 26.0. The number of ether oxygens (including phenoxy) is 2. The zero-order valence-electron chi connectivity index (χ0n) is 33.1. The van der Waals surface area contributed by atoms with Crippen molar-refractivity contribution in [3.8, 4) is 0 Å². The highest BCUT2D eigenvalue weighted by molar-refractivity contribution is 7.21. The highest BCUT2D eigenvalue weighted by atomic mass is 32.1. The lowest BCUT2D eigenvalue weighted by molar-refractivity contribution is -0.188. The van der Waals surface area contributed by atoms with Gasteiger partial charge >= 0.3 is 5.97 Å². The fraction of sp³-hybridized carbons (Fsp3) is 0.674. The van der Waals surface area contributed by atoms with E-state index < -0.39 is 44.4 Å².